The molecule has 0 saturated carbocycles. The van der Waals surface area contributed by atoms with Gasteiger partial charge in [0.25, 0.3) is 5.56 Å². The number of hydrogen-bond acceptors (Lipinski definition) is 6. The Kier molecular flexibility index (Phi) is 6.54. The molecule has 0 amide bonds. The lowest BCUT2D eigenvalue weighted by Crippen LogP contribution is -2.29. The first-order valence-electron chi connectivity index (χ1n) is 10.2. The molecule has 2 aromatic rings. The van der Waals surface area contributed by atoms with E-state index < -0.39 is 0 Å². The number of H-pyrrole nitrogens is 1. The van der Waals surface area contributed by atoms with Gasteiger partial charge in [-0.15, -0.1) is 0 Å². The molecule has 0 bridgehead atoms. The van der Waals surface area contributed by atoms with Crippen LogP contribution in [0.3, 0.4) is 0 Å². The maximum Gasteiger partial charge on any atom is 0.256 e. The van der Waals surface area contributed by atoms with Crippen LogP contribution in [0.5, 0.6) is 5.75 Å². The smallest absolute Gasteiger partial charge is 0.256 e. The minimum absolute atomic E-state index is 0.0146. The Balaban J connectivity index is 1.21. The van der Waals surface area contributed by atoms with Crippen molar-refractivity contribution in [2.45, 2.75) is 43.7 Å². The van der Waals surface area contributed by atoms with Crippen LogP contribution in [0, 0.1) is 0 Å². The number of piperidine rings is 1. The number of aromatic amines is 1. The van der Waals surface area contributed by atoms with E-state index in [4.69, 9.17) is 4.74 Å². The van der Waals surface area contributed by atoms with Gasteiger partial charge >= 0.3 is 0 Å². The monoisotopic (exact) mass is 400 g/mol. The third-order valence-electron chi connectivity index (χ3n) is 5.22. The Labute approximate surface area is 170 Å². The molecule has 28 heavy (non-hydrogen) atoms. The van der Waals surface area contributed by atoms with Gasteiger partial charge in [0, 0.05) is 30.2 Å². The molecule has 1 aromatic carbocycles. The molecule has 2 aliphatic rings. The molecule has 1 fully saturated rings. The Morgan fingerprint density at radius 1 is 1.21 bits per heavy atom. The van der Waals surface area contributed by atoms with E-state index in [0.717, 1.165) is 41.5 Å². The van der Waals surface area contributed by atoms with Crippen LogP contribution in [-0.4, -0.2) is 41.1 Å². The molecule has 150 valence electrons. The predicted octanol–water partition coefficient (Wildman–Crippen LogP) is 3.38. The van der Waals surface area contributed by atoms with Crippen LogP contribution in [0.25, 0.3) is 0 Å². The number of ether oxygens (including phenoxy) is 1. The molecule has 0 aliphatic carbocycles. The zero-order chi connectivity index (χ0) is 19.2. The first-order valence-corrected chi connectivity index (χ1v) is 11.3. The van der Waals surface area contributed by atoms with Crippen LogP contribution in [0.1, 0.15) is 42.5 Å². The summed E-state index contributed by atoms with van der Waals surface area (Å²) in [6, 6.07) is 8.42. The van der Waals surface area contributed by atoms with Crippen molar-refractivity contribution < 1.29 is 4.74 Å². The van der Waals surface area contributed by atoms with Crippen LogP contribution < -0.4 is 15.6 Å². The second-order valence-electron chi connectivity index (χ2n) is 7.45. The van der Waals surface area contributed by atoms with Crippen molar-refractivity contribution in [2.24, 2.45) is 0 Å². The molecule has 0 radical (unpaired) electrons. The fourth-order valence-corrected chi connectivity index (χ4v) is 4.76. The molecule has 0 atom stereocenters. The highest BCUT2D eigenvalue weighted by molar-refractivity contribution is 7.98. The van der Waals surface area contributed by atoms with Gasteiger partial charge in [-0.25, -0.2) is 4.98 Å². The number of likely N-dealkylation sites (tertiary alicyclic amines) is 1. The summed E-state index contributed by atoms with van der Waals surface area (Å²) in [5, 5.41) is 3.20. The predicted molar refractivity (Wildman–Crippen MR) is 114 cm³/mol. The lowest BCUT2D eigenvalue weighted by atomic mass is 10.1. The van der Waals surface area contributed by atoms with Gasteiger partial charge < -0.3 is 10.1 Å². The highest BCUT2D eigenvalue weighted by atomic mass is 32.2. The van der Waals surface area contributed by atoms with Gasteiger partial charge in [0.05, 0.1) is 12.3 Å². The van der Waals surface area contributed by atoms with Crippen LogP contribution in [0.2, 0.25) is 0 Å². The standard InChI is InChI=1S/C21H28N4O2S/c26-20-18-14-28-15-19(18)23-21(24-20)22-8-5-11-27-17-7-4-6-16(12-17)13-25-9-2-1-3-10-25/h4,6-7,12H,1-3,5,8-11,13-15H2,(H2,22,23,24,26). The number of nitrogens with zero attached hydrogens (tertiary/aromatic N) is 2. The molecule has 3 heterocycles. The number of rotatable bonds is 8. The molecule has 4 rings (SSSR count). The zero-order valence-electron chi connectivity index (χ0n) is 16.2. The summed E-state index contributed by atoms with van der Waals surface area (Å²) >= 11 is 1.73. The van der Waals surface area contributed by atoms with E-state index >= 15 is 0 Å². The van der Waals surface area contributed by atoms with Crippen molar-refractivity contribution >= 4 is 17.7 Å². The molecule has 1 aromatic heterocycles. The van der Waals surface area contributed by atoms with E-state index in [1.165, 1.54) is 37.9 Å². The number of anilines is 1. The van der Waals surface area contributed by atoms with Crippen molar-refractivity contribution in [3.8, 4) is 5.75 Å². The number of nitrogens with one attached hydrogen (secondary N) is 2. The summed E-state index contributed by atoms with van der Waals surface area (Å²) < 4.78 is 5.92. The second kappa shape index (κ2) is 9.47. The Morgan fingerprint density at radius 2 is 2.11 bits per heavy atom. The van der Waals surface area contributed by atoms with E-state index in [1.54, 1.807) is 11.8 Å². The quantitative estimate of drug-likeness (QED) is 0.662. The first-order chi connectivity index (χ1) is 13.8. The molecule has 1 saturated heterocycles. The molecule has 0 unspecified atom stereocenters. The van der Waals surface area contributed by atoms with Gasteiger partial charge in [0.2, 0.25) is 5.95 Å². The van der Waals surface area contributed by atoms with E-state index in [2.05, 4.69) is 38.4 Å². The number of fused-ring (bicyclic) bond motifs is 1. The number of benzene rings is 1. The normalized spacial score (nSPS) is 16.7. The zero-order valence-corrected chi connectivity index (χ0v) is 17.0. The fraction of sp³-hybridized carbons (Fsp3) is 0.524. The minimum Gasteiger partial charge on any atom is -0.494 e. The highest BCUT2D eigenvalue weighted by Crippen LogP contribution is 2.25. The lowest BCUT2D eigenvalue weighted by Gasteiger charge is -2.26. The average molecular weight is 401 g/mol. The van der Waals surface area contributed by atoms with E-state index in [0.29, 0.717) is 19.1 Å². The van der Waals surface area contributed by atoms with E-state index in [9.17, 15) is 4.79 Å². The Bertz CT molecular complexity index is 849. The molecule has 2 N–H and O–H groups in total. The SMILES string of the molecule is O=c1[nH]c(NCCCOc2cccc(CN3CCCCC3)c2)nc2c1CSC2. The van der Waals surface area contributed by atoms with Crippen molar-refractivity contribution in [3.63, 3.8) is 0 Å². The third-order valence-corrected chi connectivity index (χ3v) is 6.19. The van der Waals surface area contributed by atoms with Crippen LogP contribution in [0.4, 0.5) is 5.95 Å². The Hall–Kier alpha value is -1.99. The largest absolute Gasteiger partial charge is 0.494 e. The van der Waals surface area contributed by atoms with Crippen molar-refractivity contribution in [1.82, 2.24) is 14.9 Å². The maximum atomic E-state index is 12.0. The summed E-state index contributed by atoms with van der Waals surface area (Å²) in [7, 11) is 0. The number of thioether (sulfide) groups is 1. The van der Waals surface area contributed by atoms with Crippen molar-refractivity contribution in [2.75, 3.05) is 31.6 Å². The molecule has 7 heteroatoms. The third kappa shape index (κ3) is 5.08. The molecule has 6 nitrogen and oxygen atoms in total. The topological polar surface area (TPSA) is 70.2 Å². The van der Waals surface area contributed by atoms with Crippen molar-refractivity contribution in [3.05, 3.63) is 51.4 Å². The maximum absolute atomic E-state index is 12.0. The Morgan fingerprint density at radius 3 is 3.00 bits per heavy atom. The van der Waals surface area contributed by atoms with Crippen molar-refractivity contribution in [1.29, 1.82) is 0 Å². The number of hydrogen-bond donors (Lipinski definition) is 2. The van der Waals surface area contributed by atoms with Gasteiger partial charge in [0.1, 0.15) is 5.75 Å². The van der Waals surface area contributed by atoms with E-state index in [1.807, 2.05) is 6.07 Å². The molecular formula is C21H28N4O2S. The summed E-state index contributed by atoms with van der Waals surface area (Å²) in [6.45, 7) is 4.75. The average Bonchev–Trinajstić information content (AvgIpc) is 3.18. The van der Waals surface area contributed by atoms with Gasteiger partial charge in [0.15, 0.2) is 0 Å². The summed E-state index contributed by atoms with van der Waals surface area (Å²) in [5.41, 5.74) is 3.04. The summed E-state index contributed by atoms with van der Waals surface area (Å²) in [5.74, 6) is 3.08. The lowest BCUT2D eigenvalue weighted by molar-refractivity contribution is 0.220. The highest BCUT2D eigenvalue weighted by Gasteiger charge is 2.17. The van der Waals surface area contributed by atoms with E-state index in [-0.39, 0.29) is 5.56 Å². The fourth-order valence-electron chi connectivity index (χ4n) is 3.72. The first kappa shape index (κ1) is 19.3. The van der Waals surface area contributed by atoms with Gasteiger partial charge in [-0.05, 0) is 50.0 Å². The van der Waals surface area contributed by atoms with Gasteiger partial charge in [-0.1, -0.05) is 18.6 Å². The summed E-state index contributed by atoms with van der Waals surface area (Å²) in [4.78, 5) is 21.9. The van der Waals surface area contributed by atoms with Gasteiger partial charge in [-0.2, -0.15) is 11.8 Å². The summed E-state index contributed by atoms with van der Waals surface area (Å²) in [6.07, 6.45) is 4.83. The van der Waals surface area contributed by atoms with Gasteiger partial charge in [-0.3, -0.25) is 14.7 Å². The minimum atomic E-state index is -0.0146. The van der Waals surface area contributed by atoms with Crippen LogP contribution >= 0.6 is 11.8 Å². The van der Waals surface area contributed by atoms with Crippen LogP contribution in [-0.2, 0) is 18.1 Å². The molecule has 0 spiro atoms. The number of aromatic nitrogens is 2. The van der Waals surface area contributed by atoms with Crippen LogP contribution in [0.15, 0.2) is 29.1 Å². The second-order valence-corrected chi connectivity index (χ2v) is 8.43. The molecule has 2 aliphatic heterocycles. The molecular weight excluding hydrogens is 372 g/mol.